The number of aromatic nitrogens is 1. The average Bonchev–Trinajstić information content (AvgIpc) is 3.43. The van der Waals surface area contributed by atoms with E-state index < -0.39 is 0 Å². The van der Waals surface area contributed by atoms with E-state index >= 15 is 0 Å². The van der Waals surface area contributed by atoms with Gasteiger partial charge in [0.1, 0.15) is 5.69 Å². The predicted molar refractivity (Wildman–Crippen MR) is 124 cm³/mol. The van der Waals surface area contributed by atoms with E-state index in [1.807, 2.05) is 42.2 Å². The molecule has 1 aliphatic heterocycles. The number of H-pyrrole nitrogens is 1. The number of amides is 1. The lowest BCUT2D eigenvalue weighted by molar-refractivity contribution is 0.0103. The van der Waals surface area contributed by atoms with Gasteiger partial charge in [0.05, 0.1) is 25.3 Å². The summed E-state index contributed by atoms with van der Waals surface area (Å²) in [6, 6.07) is 18.7. The molecule has 1 aromatic heterocycles. The molecule has 5 heteroatoms. The molecule has 160 valence electrons. The van der Waals surface area contributed by atoms with Crippen molar-refractivity contribution in [3.8, 4) is 0 Å². The molecule has 5 nitrogen and oxygen atoms in total. The number of fused-ring (bicyclic) bond motifs is 2. The zero-order valence-electron chi connectivity index (χ0n) is 18.0. The summed E-state index contributed by atoms with van der Waals surface area (Å²) >= 11 is 0. The van der Waals surface area contributed by atoms with E-state index in [1.54, 1.807) is 0 Å². The van der Waals surface area contributed by atoms with Crippen molar-refractivity contribution in [3.63, 3.8) is 0 Å². The molecule has 3 aromatic rings. The van der Waals surface area contributed by atoms with E-state index in [0.29, 0.717) is 31.4 Å². The number of ether oxygens (including phenoxy) is 1. The largest absolute Gasteiger partial charge is 0.377 e. The Bertz CT molecular complexity index is 1070. The fourth-order valence-corrected chi connectivity index (χ4v) is 4.99. The molecule has 1 fully saturated rings. The first kappa shape index (κ1) is 20.0. The SMILES string of the molecule is CCN(C(=O)c1cc2ccccc2[nH]1)[C@H]1COC[C@H](N=CC2CCc3ccccc32)C1. The first-order chi connectivity index (χ1) is 15.2. The first-order valence-electron chi connectivity index (χ1n) is 11.3. The molecule has 1 N–H and O–H groups in total. The third kappa shape index (κ3) is 4.02. The topological polar surface area (TPSA) is 57.7 Å². The van der Waals surface area contributed by atoms with Gasteiger partial charge in [0.2, 0.25) is 0 Å². The third-order valence-electron chi connectivity index (χ3n) is 6.62. The summed E-state index contributed by atoms with van der Waals surface area (Å²) in [4.78, 5) is 23.4. The highest BCUT2D eigenvalue weighted by molar-refractivity contribution is 5.98. The smallest absolute Gasteiger partial charge is 0.270 e. The highest BCUT2D eigenvalue weighted by Gasteiger charge is 2.31. The van der Waals surface area contributed by atoms with Crippen LogP contribution in [-0.4, -0.2) is 53.8 Å². The van der Waals surface area contributed by atoms with Gasteiger partial charge in [-0.15, -0.1) is 0 Å². The first-order valence-corrected chi connectivity index (χ1v) is 11.3. The second-order valence-corrected chi connectivity index (χ2v) is 8.58. The molecule has 2 aliphatic rings. The lowest BCUT2D eigenvalue weighted by Gasteiger charge is -2.35. The fourth-order valence-electron chi connectivity index (χ4n) is 4.99. The summed E-state index contributed by atoms with van der Waals surface area (Å²) in [5.41, 5.74) is 4.47. The monoisotopic (exact) mass is 415 g/mol. The molecule has 2 heterocycles. The Morgan fingerprint density at radius 1 is 1.19 bits per heavy atom. The van der Waals surface area contributed by atoms with Gasteiger partial charge in [-0.3, -0.25) is 9.79 Å². The third-order valence-corrected chi connectivity index (χ3v) is 6.62. The van der Waals surface area contributed by atoms with Gasteiger partial charge in [-0.1, -0.05) is 42.5 Å². The lowest BCUT2D eigenvalue weighted by Crippen LogP contribution is -2.48. The van der Waals surface area contributed by atoms with Crippen LogP contribution in [0.3, 0.4) is 0 Å². The maximum absolute atomic E-state index is 13.3. The van der Waals surface area contributed by atoms with Crippen LogP contribution >= 0.6 is 0 Å². The summed E-state index contributed by atoms with van der Waals surface area (Å²) in [5.74, 6) is 0.425. The van der Waals surface area contributed by atoms with Crippen molar-refractivity contribution in [2.45, 2.75) is 44.2 Å². The number of aliphatic imine (C=N–C) groups is 1. The van der Waals surface area contributed by atoms with E-state index in [0.717, 1.165) is 30.2 Å². The summed E-state index contributed by atoms with van der Waals surface area (Å²) in [6.07, 6.45) is 5.21. The molecule has 31 heavy (non-hydrogen) atoms. The van der Waals surface area contributed by atoms with Crippen LogP contribution in [0.25, 0.3) is 10.9 Å². The van der Waals surface area contributed by atoms with Crippen LogP contribution in [0.15, 0.2) is 59.6 Å². The van der Waals surface area contributed by atoms with Crippen molar-refractivity contribution in [3.05, 3.63) is 71.4 Å². The normalized spacial score (nSPS) is 23.3. The number of carbonyl (C=O) groups is 1. The van der Waals surface area contributed by atoms with E-state index in [-0.39, 0.29) is 18.0 Å². The second kappa shape index (κ2) is 8.67. The van der Waals surface area contributed by atoms with Gasteiger partial charge in [0.15, 0.2) is 0 Å². The zero-order chi connectivity index (χ0) is 21.2. The fraction of sp³-hybridized carbons (Fsp3) is 0.385. The number of hydrogen-bond donors (Lipinski definition) is 1. The quantitative estimate of drug-likeness (QED) is 0.620. The van der Waals surface area contributed by atoms with Crippen molar-refractivity contribution < 1.29 is 9.53 Å². The molecule has 1 amide bonds. The molecular formula is C26H29N3O2. The summed E-state index contributed by atoms with van der Waals surface area (Å²) in [6.45, 7) is 3.87. The number of nitrogens with zero attached hydrogens (tertiary/aromatic N) is 2. The molecule has 1 saturated heterocycles. The standard InChI is InChI=1S/C26H29N3O2/c1-2-29(26(30)25-13-19-8-4-6-10-24(19)28-25)22-14-21(16-31-17-22)27-15-20-12-11-18-7-3-5-9-23(18)20/h3-10,13,15,20-22,28H,2,11-12,14,16-17H2,1H3/t20?,21-,22-/m1/s1. The minimum atomic E-state index is 0.0293. The number of benzene rings is 2. The van der Waals surface area contributed by atoms with Crippen LogP contribution in [0.2, 0.25) is 0 Å². The Balaban J connectivity index is 1.28. The maximum Gasteiger partial charge on any atom is 0.270 e. The van der Waals surface area contributed by atoms with Crippen LogP contribution in [0.5, 0.6) is 0 Å². The second-order valence-electron chi connectivity index (χ2n) is 8.58. The number of nitrogens with one attached hydrogen (secondary N) is 1. The summed E-state index contributed by atoms with van der Waals surface area (Å²) in [5, 5.41) is 1.06. The number of aromatic amines is 1. The molecule has 2 aromatic carbocycles. The molecule has 3 atom stereocenters. The molecular weight excluding hydrogens is 386 g/mol. The lowest BCUT2D eigenvalue weighted by atomic mass is 10.0. The number of carbonyl (C=O) groups excluding carboxylic acids is 1. The molecule has 0 bridgehead atoms. The van der Waals surface area contributed by atoms with E-state index in [1.165, 1.54) is 11.1 Å². The van der Waals surface area contributed by atoms with Crippen molar-refractivity contribution in [1.29, 1.82) is 0 Å². The van der Waals surface area contributed by atoms with Gasteiger partial charge >= 0.3 is 0 Å². The number of likely N-dealkylation sites (N-methyl/N-ethyl adjacent to an activating group) is 1. The van der Waals surface area contributed by atoms with Gasteiger partial charge < -0.3 is 14.6 Å². The molecule has 0 saturated carbocycles. The van der Waals surface area contributed by atoms with Gasteiger partial charge in [-0.25, -0.2) is 0 Å². The van der Waals surface area contributed by atoms with Gasteiger partial charge in [0.25, 0.3) is 5.91 Å². The van der Waals surface area contributed by atoms with Crippen molar-refractivity contribution >= 4 is 23.0 Å². The zero-order valence-corrected chi connectivity index (χ0v) is 18.0. The van der Waals surface area contributed by atoms with E-state index in [4.69, 9.17) is 9.73 Å². The highest BCUT2D eigenvalue weighted by Crippen LogP contribution is 2.31. The Morgan fingerprint density at radius 2 is 2.03 bits per heavy atom. The average molecular weight is 416 g/mol. The van der Waals surface area contributed by atoms with E-state index in [2.05, 4.69) is 35.5 Å². The number of aryl methyl sites for hydroxylation is 1. The Labute approximate surface area is 183 Å². The van der Waals surface area contributed by atoms with Crippen molar-refractivity contribution in [2.75, 3.05) is 19.8 Å². The van der Waals surface area contributed by atoms with Crippen LogP contribution in [0.1, 0.15) is 47.3 Å². The predicted octanol–water partition coefficient (Wildman–Crippen LogP) is 4.59. The molecule has 0 radical (unpaired) electrons. The van der Waals surface area contributed by atoms with Gasteiger partial charge in [0, 0.05) is 29.6 Å². The summed E-state index contributed by atoms with van der Waals surface area (Å²) < 4.78 is 5.89. The Kier molecular flexibility index (Phi) is 5.60. The number of rotatable bonds is 5. The van der Waals surface area contributed by atoms with Crippen LogP contribution in [0, 0.1) is 0 Å². The Morgan fingerprint density at radius 3 is 2.90 bits per heavy atom. The van der Waals surface area contributed by atoms with E-state index in [9.17, 15) is 4.79 Å². The van der Waals surface area contributed by atoms with Crippen molar-refractivity contribution in [2.24, 2.45) is 4.99 Å². The molecule has 1 aliphatic carbocycles. The molecule has 5 rings (SSSR count). The molecule has 0 spiro atoms. The minimum absolute atomic E-state index is 0.0293. The minimum Gasteiger partial charge on any atom is -0.377 e. The van der Waals surface area contributed by atoms with Crippen LogP contribution in [0.4, 0.5) is 0 Å². The van der Waals surface area contributed by atoms with Crippen LogP contribution < -0.4 is 0 Å². The maximum atomic E-state index is 13.3. The highest BCUT2D eigenvalue weighted by atomic mass is 16.5. The Hall–Kier alpha value is -2.92. The van der Waals surface area contributed by atoms with Gasteiger partial charge in [-0.05, 0) is 49.4 Å². The van der Waals surface area contributed by atoms with Crippen molar-refractivity contribution in [1.82, 2.24) is 9.88 Å². The number of hydrogen-bond acceptors (Lipinski definition) is 3. The molecule has 1 unspecified atom stereocenters. The number of para-hydroxylation sites is 1. The van der Waals surface area contributed by atoms with Crippen LogP contribution in [-0.2, 0) is 11.2 Å². The van der Waals surface area contributed by atoms with Gasteiger partial charge in [-0.2, -0.15) is 0 Å². The summed E-state index contributed by atoms with van der Waals surface area (Å²) in [7, 11) is 0.